The molecule has 0 bridgehead atoms. The van der Waals surface area contributed by atoms with E-state index in [2.05, 4.69) is 44.6 Å². The summed E-state index contributed by atoms with van der Waals surface area (Å²) in [4.78, 5) is 15.7. The molecule has 0 radical (unpaired) electrons. The third-order valence-electron chi connectivity index (χ3n) is 5.30. The molecule has 2 N–H and O–H groups in total. The largest absolute Gasteiger partial charge is 0.495 e. The average molecular weight is 420 g/mol. The molecule has 31 heavy (non-hydrogen) atoms. The van der Waals surface area contributed by atoms with Crippen molar-refractivity contribution in [2.24, 2.45) is 4.99 Å². The van der Waals surface area contributed by atoms with Crippen LogP contribution in [0.4, 0.5) is 5.69 Å². The lowest BCUT2D eigenvalue weighted by Crippen LogP contribution is -2.44. The molecule has 1 aromatic carbocycles. The van der Waals surface area contributed by atoms with Crippen molar-refractivity contribution in [3.05, 3.63) is 66.9 Å². The number of benzene rings is 1. The SMILES string of the molecule is CCNC(=NCc1ccc(-n2ccnc2)nc1)NC1CCN(c2ccccc2OC)C1. The molecule has 1 aliphatic heterocycles. The van der Waals surface area contributed by atoms with Gasteiger partial charge in [-0.3, -0.25) is 4.57 Å². The Kier molecular flexibility index (Phi) is 6.66. The fourth-order valence-corrected chi connectivity index (χ4v) is 3.73. The van der Waals surface area contributed by atoms with Crippen LogP contribution in [0.5, 0.6) is 5.75 Å². The van der Waals surface area contributed by atoms with Gasteiger partial charge in [-0.2, -0.15) is 0 Å². The Bertz CT molecular complexity index is 985. The van der Waals surface area contributed by atoms with Crippen molar-refractivity contribution in [3.8, 4) is 11.6 Å². The highest BCUT2D eigenvalue weighted by molar-refractivity contribution is 5.80. The Labute approximate surface area is 183 Å². The van der Waals surface area contributed by atoms with E-state index in [4.69, 9.17) is 9.73 Å². The van der Waals surface area contributed by atoms with Gasteiger partial charge in [-0.05, 0) is 37.1 Å². The van der Waals surface area contributed by atoms with Gasteiger partial charge in [0.05, 0.1) is 19.3 Å². The topological polar surface area (TPSA) is 79.6 Å². The zero-order valence-corrected chi connectivity index (χ0v) is 18.0. The first kappa shape index (κ1) is 20.7. The zero-order chi connectivity index (χ0) is 21.5. The average Bonchev–Trinajstić information content (AvgIpc) is 3.50. The van der Waals surface area contributed by atoms with E-state index in [0.29, 0.717) is 12.6 Å². The molecule has 1 aliphatic rings. The Hall–Kier alpha value is -3.55. The van der Waals surface area contributed by atoms with E-state index in [-0.39, 0.29) is 0 Å². The number of pyridine rings is 1. The van der Waals surface area contributed by atoms with Crippen LogP contribution in [0.3, 0.4) is 0 Å². The van der Waals surface area contributed by atoms with Crippen molar-refractivity contribution >= 4 is 11.6 Å². The van der Waals surface area contributed by atoms with Crippen LogP contribution in [0.15, 0.2) is 66.3 Å². The summed E-state index contributed by atoms with van der Waals surface area (Å²) < 4.78 is 7.40. The molecule has 0 saturated carbocycles. The van der Waals surface area contributed by atoms with Crippen LogP contribution in [0.25, 0.3) is 5.82 Å². The number of methoxy groups -OCH3 is 1. The van der Waals surface area contributed by atoms with Gasteiger partial charge >= 0.3 is 0 Å². The van der Waals surface area contributed by atoms with Gasteiger partial charge in [0, 0.05) is 44.3 Å². The third kappa shape index (κ3) is 5.14. The van der Waals surface area contributed by atoms with E-state index >= 15 is 0 Å². The Morgan fingerprint density at radius 2 is 2.16 bits per heavy atom. The van der Waals surface area contributed by atoms with Gasteiger partial charge in [0.2, 0.25) is 0 Å². The summed E-state index contributed by atoms with van der Waals surface area (Å²) in [5.41, 5.74) is 2.20. The molecule has 162 valence electrons. The summed E-state index contributed by atoms with van der Waals surface area (Å²) in [6.07, 6.45) is 8.27. The second-order valence-electron chi connectivity index (χ2n) is 7.44. The molecule has 3 aromatic rings. The first-order valence-corrected chi connectivity index (χ1v) is 10.6. The second kappa shape index (κ2) is 9.97. The molecule has 8 heteroatoms. The number of hydrogen-bond acceptors (Lipinski definition) is 5. The number of nitrogens with zero attached hydrogens (tertiary/aromatic N) is 5. The number of guanidine groups is 1. The molecule has 2 aromatic heterocycles. The van der Waals surface area contributed by atoms with E-state index in [9.17, 15) is 0 Å². The lowest BCUT2D eigenvalue weighted by Gasteiger charge is -2.22. The highest BCUT2D eigenvalue weighted by atomic mass is 16.5. The van der Waals surface area contributed by atoms with Crippen molar-refractivity contribution in [1.82, 2.24) is 25.2 Å². The summed E-state index contributed by atoms with van der Waals surface area (Å²) in [7, 11) is 1.72. The molecule has 3 heterocycles. The van der Waals surface area contributed by atoms with Gasteiger partial charge in [-0.1, -0.05) is 18.2 Å². The highest BCUT2D eigenvalue weighted by Gasteiger charge is 2.25. The standard InChI is InChI=1S/C23H29N7O/c1-3-25-23(27-15-18-8-9-22(26-14-18)30-13-11-24-17-30)28-19-10-12-29(16-19)20-6-4-5-7-21(20)31-2/h4-9,11,13-14,17,19H,3,10,12,15-16H2,1-2H3,(H2,25,27,28). The Balaban J connectivity index is 1.37. The number of aromatic nitrogens is 3. The summed E-state index contributed by atoms with van der Waals surface area (Å²) in [6, 6.07) is 12.5. The summed E-state index contributed by atoms with van der Waals surface area (Å²) in [5, 5.41) is 6.94. The van der Waals surface area contributed by atoms with Crippen molar-refractivity contribution in [1.29, 1.82) is 0 Å². The third-order valence-corrected chi connectivity index (χ3v) is 5.30. The first-order chi connectivity index (χ1) is 15.3. The van der Waals surface area contributed by atoms with E-state index in [0.717, 1.165) is 54.8 Å². The smallest absolute Gasteiger partial charge is 0.191 e. The minimum absolute atomic E-state index is 0.324. The number of nitrogens with one attached hydrogen (secondary N) is 2. The van der Waals surface area contributed by atoms with Gasteiger partial charge in [-0.25, -0.2) is 15.0 Å². The molecule has 1 atom stereocenters. The number of anilines is 1. The molecule has 0 amide bonds. The molecule has 0 aliphatic carbocycles. The van der Waals surface area contributed by atoms with Crippen LogP contribution < -0.4 is 20.3 Å². The minimum Gasteiger partial charge on any atom is -0.495 e. The summed E-state index contributed by atoms with van der Waals surface area (Å²) >= 11 is 0. The quantitative estimate of drug-likeness (QED) is 0.453. The molecule has 0 spiro atoms. The zero-order valence-electron chi connectivity index (χ0n) is 18.0. The number of para-hydroxylation sites is 2. The maximum absolute atomic E-state index is 5.52. The normalized spacial score (nSPS) is 16.4. The maximum Gasteiger partial charge on any atom is 0.191 e. The molecule has 8 nitrogen and oxygen atoms in total. The fourth-order valence-electron chi connectivity index (χ4n) is 3.73. The number of ether oxygens (including phenoxy) is 1. The lowest BCUT2D eigenvalue weighted by atomic mass is 10.2. The van der Waals surface area contributed by atoms with Crippen molar-refractivity contribution in [2.45, 2.75) is 25.9 Å². The van der Waals surface area contributed by atoms with Crippen LogP contribution in [-0.2, 0) is 6.54 Å². The van der Waals surface area contributed by atoms with E-state index in [1.807, 2.05) is 41.2 Å². The molecule has 1 unspecified atom stereocenters. The van der Waals surface area contributed by atoms with Crippen LogP contribution in [0.2, 0.25) is 0 Å². The van der Waals surface area contributed by atoms with Crippen molar-refractivity contribution < 1.29 is 4.74 Å². The summed E-state index contributed by atoms with van der Waals surface area (Å²) in [6.45, 7) is 5.35. The number of aliphatic imine (C=N–C) groups is 1. The van der Waals surface area contributed by atoms with Gasteiger partial charge in [0.1, 0.15) is 17.9 Å². The van der Waals surface area contributed by atoms with Crippen molar-refractivity contribution in [2.75, 3.05) is 31.6 Å². The number of rotatable bonds is 7. The molecular weight excluding hydrogens is 390 g/mol. The molecular formula is C23H29N7O. The van der Waals surface area contributed by atoms with E-state index in [1.165, 1.54) is 0 Å². The first-order valence-electron chi connectivity index (χ1n) is 10.6. The van der Waals surface area contributed by atoms with Gasteiger partial charge < -0.3 is 20.3 Å². The van der Waals surface area contributed by atoms with E-state index in [1.54, 1.807) is 19.6 Å². The van der Waals surface area contributed by atoms with Crippen LogP contribution in [-0.4, -0.2) is 53.3 Å². The number of hydrogen-bond donors (Lipinski definition) is 2. The van der Waals surface area contributed by atoms with Gasteiger partial charge in [-0.15, -0.1) is 0 Å². The fraction of sp³-hybridized carbons (Fsp3) is 0.348. The van der Waals surface area contributed by atoms with Gasteiger partial charge in [0.25, 0.3) is 0 Å². The van der Waals surface area contributed by atoms with Gasteiger partial charge in [0.15, 0.2) is 5.96 Å². The van der Waals surface area contributed by atoms with E-state index < -0.39 is 0 Å². The molecule has 1 fully saturated rings. The number of imidazole rings is 1. The van der Waals surface area contributed by atoms with Crippen LogP contribution in [0.1, 0.15) is 18.9 Å². The summed E-state index contributed by atoms with van der Waals surface area (Å²) in [5.74, 6) is 2.58. The van der Waals surface area contributed by atoms with Crippen LogP contribution >= 0.6 is 0 Å². The predicted molar refractivity (Wildman–Crippen MR) is 123 cm³/mol. The Morgan fingerprint density at radius 1 is 1.26 bits per heavy atom. The second-order valence-corrected chi connectivity index (χ2v) is 7.44. The molecule has 4 rings (SSSR count). The Morgan fingerprint density at radius 3 is 2.90 bits per heavy atom. The predicted octanol–water partition coefficient (Wildman–Crippen LogP) is 2.61. The molecule has 1 saturated heterocycles. The highest BCUT2D eigenvalue weighted by Crippen LogP contribution is 2.30. The van der Waals surface area contributed by atoms with Crippen LogP contribution in [0, 0.1) is 0 Å². The maximum atomic E-state index is 5.52. The monoisotopic (exact) mass is 419 g/mol. The lowest BCUT2D eigenvalue weighted by molar-refractivity contribution is 0.415. The van der Waals surface area contributed by atoms with Crippen molar-refractivity contribution in [3.63, 3.8) is 0 Å². The minimum atomic E-state index is 0.324.